The van der Waals surface area contributed by atoms with Crippen LogP contribution in [0.4, 0.5) is 0 Å². The van der Waals surface area contributed by atoms with Crippen molar-refractivity contribution in [2.75, 3.05) is 5.34 Å². The van der Waals surface area contributed by atoms with Gasteiger partial charge in [0.1, 0.15) is 0 Å². The van der Waals surface area contributed by atoms with Crippen molar-refractivity contribution in [2.45, 2.75) is 13.8 Å². The maximum atomic E-state index is 10.7. The van der Waals surface area contributed by atoms with Crippen LogP contribution in [-0.2, 0) is 9.59 Å². The lowest BCUT2D eigenvalue weighted by molar-refractivity contribution is -0.127. The van der Waals surface area contributed by atoms with E-state index < -0.39 is 21.7 Å². The maximum absolute atomic E-state index is 10.7. The van der Waals surface area contributed by atoms with E-state index >= 15 is 0 Å². The molecular formula is C19H15Cl7O5. The fraction of sp³-hybridized carbons (Fsp3) is 0.158. The molecule has 0 unspecified atom stereocenters. The average Bonchev–Trinajstić information content (AvgIpc) is 2.62. The normalized spacial score (nSPS) is 8.94. The Morgan fingerprint density at radius 1 is 0.742 bits per heavy atom. The molecule has 2 aromatic rings. The Hall–Kier alpha value is -1.05. The molecule has 0 saturated carbocycles. The van der Waals surface area contributed by atoms with Crippen molar-refractivity contribution in [1.29, 1.82) is 0 Å². The van der Waals surface area contributed by atoms with Crippen molar-refractivity contribution in [3.63, 3.8) is 0 Å². The predicted molar refractivity (Wildman–Crippen MR) is 128 cm³/mol. The maximum Gasteiger partial charge on any atom is 0.335 e. The van der Waals surface area contributed by atoms with Crippen LogP contribution in [0.2, 0.25) is 10.0 Å². The predicted octanol–water partition coefficient (Wildman–Crippen LogP) is 7.31. The van der Waals surface area contributed by atoms with Gasteiger partial charge in [-0.25, -0.2) is 4.79 Å². The second-order valence-electron chi connectivity index (χ2n) is 5.15. The first-order valence-electron chi connectivity index (χ1n) is 7.75. The van der Waals surface area contributed by atoms with E-state index in [1.807, 2.05) is 0 Å². The van der Waals surface area contributed by atoms with Gasteiger partial charge in [0.2, 0.25) is 0 Å². The van der Waals surface area contributed by atoms with Gasteiger partial charge in [0, 0.05) is 15.6 Å². The number of carbonyl (C=O) groups excluding carboxylic acids is 3. The Labute approximate surface area is 214 Å². The molecule has 0 aliphatic heterocycles. The molecule has 2 aromatic carbocycles. The van der Waals surface area contributed by atoms with Crippen LogP contribution in [0, 0.1) is 13.8 Å². The van der Waals surface area contributed by atoms with Crippen LogP contribution >= 0.6 is 81.2 Å². The first kappa shape index (κ1) is 32.1. The largest absolute Gasteiger partial charge is 0.478 e. The molecule has 0 amide bonds. The van der Waals surface area contributed by atoms with Gasteiger partial charge in [0.15, 0.2) is 0 Å². The summed E-state index contributed by atoms with van der Waals surface area (Å²) in [4.78, 5) is 40.0. The molecule has 0 aliphatic rings. The smallest absolute Gasteiger partial charge is 0.335 e. The summed E-state index contributed by atoms with van der Waals surface area (Å²) in [6, 6.07) is 9.66. The number of aryl methyl sites for hydroxylation is 2. The van der Waals surface area contributed by atoms with Crippen molar-refractivity contribution >= 4 is 103 Å². The third-order valence-corrected chi connectivity index (χ3v) is 4.09. The SMILES string of the molecule is Cc1cc(Cl)ccc1C(=O)Cl.Cc1cc(Cl)ccc1C(=O)O.ClCCl.O=C(Cl)C(=O)Cl. The topological polar surface area (TPSA) is 88.5 Å². The number of carboxylic acid groups (broad SMARTS) is 1. The minimum absolute atomic E-state index is 0.194. The standard InChI is InChI=1S/C8H6Cl2O.C8H7ClO2.C2Cl2O2.CH2Cl2/c2*1-5-4-6(9)2-3-7(5)8(10)11;3-1(5)2(4)6;2-1-3/h2-4H,1H3;2-4H,1H3,(H,10,11);;1H2. The zero-order valence-electron chi connectivity index (χ0n) is 15.9. The molecule has 0 aromatic heterocycles. The number of alkyl halides is 2. The first-order chi connectivity index (χ1) is 14.3. The molecule has 0 bridgehead atoms. The Balaban J connectivity index is 0. The highest BCUT2D eigenvalue weighted by atomic mass is 35.5. The number of halogens is 7. The number of benzene rings is 2. The first-order valence-corrected chi connectivity index (χ1v) is 10.7. The van der Waals surface area contributed by atoms with Crippen LogP contribution < -0.4 is 0 Å². The third kappa shape index (κ3) is 15.4. The highest BCUT2D eigenvalue weighted by Gasteiger charge is 2.06. The van der Waals surface area contributed by atoms with E-state index in [4.69, 9.17) is 63.1 Å². The zero-order valence-corrected chi connectivity index (χ0v) is 21.2. The van der Waals surface area contributed by atoms with E-state index in [1.165, 1.54) is 6.07 Å². The summed E-state index contributed by atoms with van der Waals surface area (Å²) >= 11 is 35.1. The molecule has 0 spiro atoms. The zero-order chi connectivity index (χ0) is 24.7. The Kier molecular flexibility index (Phi) is 18.1. The van der Waals surface area contributed by atoms with E-state index in [2.05, 4.69) is 23.2 Å². The summed E-state index contributed by atoms with van der Waals surface area (Å²) in [5.41, 5.74) is 2.30. The summed E-state index contributed by atoms with van der Waals surface area (Å²) in [6.45, 7) is 3.51. The van der Waals surface area contributed by atoms with Crippen LogP contribution in [0.5, 0.6) is 0 Å². The summed E-state index contributed by atoms with van der Waals surface area (Å²) in [5, 5.41) is 7.26. The van der Waals surface area contributed by atoms with Crippen molar-refractivity contribution in [3.05, 3.63) is 68.7 Å². The Bertz CT molecular complexity index is 843. The molecule has 31 heavy (non-hydrogen) atoms. The number of aromatic carboxylic acids is 1. The molecule has 1 N–H and O–H groups in total. The molecule has 12 heteroatoms. The lowest BCUT2D eigenvalue weighted by atomic mass is 10.1. The molecule has 2 rings (SSSR count). The summed E-state index contributed by atoms with van der Waals surface area (Å²) in [7, 11) is 0. The second-order valence-corrected chi connectivity index (χ2v) is 7.86. The minimum Gasteiger partial charge on any atom is -0.478 e. The average molecular weight is 571 g/mol. The number of carboxylic acids is 1. The number of hydrogen-bond acceptors (Lipinski definition) is 4. The van der Waals surface area contributed by atoms with E-state index in [1.54, 1.807) is 44.2 Å². The van der Waals surface area contributed by atoms with Gasteiger partial charge in [-0.2, -0.15) is 0 Å². The molecule has 0 heterocycles. The highest BCUT2D eigenvalue weighted by Crippen LogP contribution is 2.16. The van der Waals surface area contributed by atoms with Crippen molar-refractivity contribution in [2.24, 2.45) is 0 Å². The Morgan fingerprint density at radius 3 is 1.29 bits per heavy atom. The van der Waals surface area contributed by atoms with Gasteiger partial charge in [0.25, 0.3) is 5.24 Å². The lowest BCUT2D eigenvalue weighted by Gasteiger charge is -1.98. The number of carbonyl (C=O) groups is 4. The fourth-order valence-electron chi connectivity index (χ4n) is 1.71. The van der Waals surface area contributed by atoms with Gasteiger partial charge >= 0.3 is 16.5 Å². The van der Waals surface area contributed by atoms with Gasteiger partial charge in [0.05, 0.1) is 10.9 Å². The second kappa shape index (κ2) is 17.5. The summed E-state index contributed by atoms with van der Waals surface area (Å²) in [5.74, 6) is -0.917. The molecule has 5 nitrogen and oxygen atoms in total. The van der Waals surface area contributed by atoms with E-state index in [-0.39, 0.29) is 5.34 Å². The fourth-order valence-corrected chi connectivity index (χ4v) is 2.38. The molecule has 0 aliphatic carbocycles. The van der Waals surface area contributed by atoms with Gasteiger partial charge in [-0.15, -0.1) is 23.2 Å². The van der Waals surface area contributed by atoms with Crippen molar-refractivity contribution in [1.82, 2.24) is 0 Å². The van der Waals surface area contributed by atoms with Gasteiger partial charge in [-0.3, -0.25) is 14.4 Å². The highest BCUT2D eigenvalue weighted by molar-refractivity contribution is 6.97. The van der Waals surface area contributed by atoms with E-state index in [0.717, 1.165) is 5.56 Å². The third-order valence-electron chi connectivity index (χ3n) is 2.97. The molecule has 0 saturated heterocycles. The number of rotatable bonds is 3. The molecule has 0 fully saturated rings. The van der Waals surface area contributed by atoms with Crippen molar-refractivity contribution in [3.8, 4) is 0 Å². The number of hydrogen-bond donors (Lipinski definition) is 1. The van der Waals surface area contributed by atoms with Gasteiger partial charge in [-0.05, 0) is 96.2 Å². The minimum atomic E-state index is -1.14. The quantitative estimate of drug-likeness (QED) is 0.237. The van der Waals surface area contributed by atoms with E-state index in [0.29, 0.717) is 26.7 Å². The van der Waals surface area contributed by atoms with Crippen LogP contribution in [0.25, 0.3) is 0 Å². The summed E-state index contributed by atoms with van der Waals surface area (Å²) in [6.07, 6.45) is 0. The van der Waals surface area contributed by atoms with Crippen LogP contribution in [0.3, 0.4) is 0 Å². The van der Waals surface area contributed by atoms with E-state index in [9.17, 15) is 19.2 Å². The van der Waals surface area contributed by atoms with Crippen molar-refractivity contribution < 1.29 is 24.3 Å². The molecular weight excluding hydrogens is 556 g/mol. The lowest BCUT2D eigenvalue weighted by Crippen LogP contribution is -1.98. The van der Waals surface area contributed by atoms with Gasteiger partial charge < -0.3 is 5.11 Å². The van der Waals surface area contributed by atoms with Crippen LogP contribution in [0.1, 0.15) is 31.8 Å². The van der Waals surface area contributed by atoms with Crippen LogP contribution in [0.15, 0.2) is 36.4 Å². The Morgan fingerprint density at radius 2 is 1.06 bits per heavy atom. The molecule has 170 valence electrons. The summed E-state index contributed by atoms with van der Waals surface area (Å²) < 4.78 is 0. The molecule has 0 radical (unpaired) electrons. The molecule has 0 atom stereocenters. The van der Waals surface area contributed by atoms with Crippen LogP contribution in [-0.4, -0.2) is 32.1 Å². The monoisotopic (exact) mass is 568 g/mol. The van der Waals surface area contributed by atoms with Gasteiger partial charge in [-0.1, -0.05) is 23.2 Å².